The van der Waals surface area contributed by atoms with Gasteiger partial charge in [-0.15, -0.1) is 0 Å². The van der Waals surface area contributed by atoms with Gasteiger partial charge in [-0.05, 0) is 66.5 Å². The summed E-state index contributed by atoms with van der Waals surface area (Å²) in [6, 6.07) is 5.21. The molecule has 0 unspecified atom stereocenters. The number of aliphatic hydroxyl groups is 2. The largest absolute Gasteiger partial charge is 0.508 e. The molecule has 27 heavy (non-hydrogen) atoms. The van der Waals surface area contributed by atoms with Crippen molar-refractivity contribution in [1.82, 2.24) is 0 Å². The fraction of sp³-hybridized carbons (Fsp3) is 0.600. The molecule has 7 heteroatoms. The molecule has 0 amide bonds. The maximum Gasteiger partial charge on any atom is 0.344 e. The van der Waals surface area contributed by atoms with E-state index < -0.39 is 24.8 Å². The first-order valence-electron chi connectivity index (χ1n) is 9.41. The Morgan fingerprint density at radius 1 is 1.37 bits per heavy atom. The molecule has 4 N–H and O–H groups in total. The van der Waals surface area contributed by atoms with Crippen LogP contribution in [-0.2, 0) is 9.63 Å². The molecule has 3 aliphatic carbocycles. The number of aromatic hydroxyl groups is 1. The lowest BCUT2D eigenvalue weighted by molar-refractivity contribution is -0.142. The number of carboxylic acid groups (broad SMARTS) is 1. The van der Waals surface area contributed by atoms with Gasteiger partial charge in [-0.1, -0.05) is 18.1 Å². The Hall–Kier alpha value is -2.12. The number of benzene rings is 1. The number of carbonyl (C=O) groups is 1. The van der Waals surface area contributed by atoms with Crippen LogP contribution in [0.25, 0.3) is 0 Å². The first-order valence-corrected chi connectivity index (χ1v) is 9.41. The molecule has 1 aromatic carbocycles. The minimum atomic E-state index is -1.10. The van der Waals surface area contributed by atoms with Crippen molar-refractivity contribution in [2.45, 2.75) is 50.7 Å². The molecule has 3 aliphatic rings. The molecule has 0 heterocycles. The van der Waals surface area contributed by atoms with Crippen molar-refractivity contribution in [3.8, 4) is 5.75 Å². The number of carboxylic acids is 1. The molecule has 6 atom stereocenters. The summed E-state index contributed by atoms with van der Waals surface area (Å²) >= 11 is 0. The van der Waals surface area contributed by atoms with E-state index in [-0.39, 0.29) is 28.9 Å². The standard InChI is InChI=1S/C20H25NO6/c1-20-5-4-12-11-3-2-10(22)6-14(11)16(21-27-9-18(24)25)7-13(12)15(20)8-17(23)19(20)26/h2-3,6,12-13,15,17,19,22-23,26H,4-5,7-9H2,1H3,(H,24,25)/b21-16-/t12-,13-,15+,17+,19-,20-/m0/s1. The molecule has 7 nitrogen and oxygen atoms in total. The zero-order chi connectivity index (χ0) is 19.3. The van der Waals surface area contributed by atoms with E-state index >= 15 is 0 Å². The van der Waals surface area contributed by atoms with Gasteiger partial charge >= 0.3 is 5.97 Å². The summed E-state index contributed by atoms with van der Waals surface area (Å²) in [6.07, 6.45) is 1.40. The molecule has 0 aromatic heterocycles. The second kappa shape index (κ2) is 6.49. The Morgan fingerprint density at radius 3 is 2.89 bits per heavy atom. The summed E-state index contributed by atoms with van der Waals surface area (Å²) in [5, 5.41) is 43.6. The van der Waals surface area contributed by atoms with Crippen molar-refractivity contribution in [3.63, 3.8) is 0 Å². The quantitative estimate of drug-likeness (QED) is 0.599. The van der Waals surface area contributed by atoms with Crippen LogP contribution in [0.15, 0.2) is 23.4 Å². The van der Waals surface area contributed by atoms with Crippen LogP contribution in [0.2, 0.25) is 0 Å². The van der Waals surface area contributed by atoms with Crippen LogP contribution in [0.5, 0.6) is 5.75 Å². The van der Waals surface area contributed by atoms with E-state index in [2.05, 4.69) is 12.1 Å². The van der Waals surface area contributed by atoms with Crippen molar-refractivity contribution in [2.24, 2.45) is 22.4 Å². The van der Waals surface area contributed by atoms with Gasteiger partial charge in [-0.2, -0.15) is 0 Å². The summed E-state index contributed by atoms with van der Waals surface area (Å²) in [5.74, 6) is -0.385. The molecule has 0 spiro atoms. The molecule has 0 aliphatic heterocycles. The zero-order valence-corrected chi connectivity index (χ0v) is 15.2. The monoisotopic (exact) mass is 375 g/mol. The number of aliphatic carboxylic acids is 1. The minimum absolute atomic E-state index is 0.130. The average Bonchev–Trinajstić information content (AvgIpc) is 2.85. The fourth-order valence-electron chi connectivity index (χ4n) is 5.65. The summed E-state index contributed by atoms with van der Waals surface area (Å²) in [7, 11) is 0. The first kappa shape index (κ1) is 18.3. The van der Waals surface area contributed by atoms with Crippen LogP contribution in [0.4, 0.5) is 0 Å². The molecular weight excluding hydrogens is 350 g/mol. The van der Waals surface area contributed by atoms with Crippen LogP contribution in [0.3, 0.4) is 0 Å². The lowest BCUT2D eigenvalue weighted by Crippen LogP contribution is -2.45. The van der Waals surface area contributed by atoms with Gasteiger partial charge in [-0.3, -0.25) is 0 Å². The van der Waals surface area contributed by atoms with Crippen molar-refractivity contribution in [3.05, 3.63) is 29.3 Å². The summed E-state index contributed by atoms with van der Waals surface area (Å²) in [5.41, 5.74) is 2.15. The predicted octanol–water partition coefficient (Wildman–Crippen LogP) is 1.84. The number of phenolic OH excluding ortho intramolecular Hbond substituents is 1. The van der Waals surface area contributed by atoms with Gasteiger partial charge in [0.2, 0.25) is 6.61 Å². The fourth-order valence-corrected chi connectivity index (χ4v) is 5.65. The van der Waals surface area contributed by atoms with Gasteiger partial charge in [0, 0.05) is 5.56 Å². The van der Waals surface area contributed by atoms with Crippen LogP contribution in [-0.4, -0.2) is 50.9 Å². The average molecular weight is 375 g/mol. The highest BCUT2D eigenvalue weighted by atomic mass is 16.6. The van der Waals surface area contributed by atoms with E-state index in [4.69, 9.17) is 9.94 Å². The van der Waals surface area contributed by atoms with Crippen molar-refractivity contribution < 1.29 is 30.1 Å². The van der Waals surface area contributed by atoms with Gasteiger partial charge in [0.05, 0.1) is 17.9 Å². The molecular formula is C20H25NO6. The van der Waals surface area contributed by atoms with Gasteiger partial charge < -0.3 is 25.3 Å². The SMILES string of the molecule is C[C@]12CC[C@H]3c4ccc(O)cc4/C(=N\OCC(=O)O)C[C@@H]3[C@H]1C[C@@H](O)[C@@H]2O. The maximum atomic E-state index is 10.7. The highest BCUT2D eigenvalue weighted by Gasteiger charge is 2.58. The first-order chi connectivity index (χ1) is 12.8. The van der Waals surface area contributed by atoms with Crippen molar-refractivity contribution in [1.29, 1.82) is 0 Å². The van der Waals surface area contributed by atoms with Crippen LogP contribution in [0, 0.1) is 17.3 Å². The Morgan fingerprint density at radius 2 is 2.15 bits per heavy atom. The molecule has 0 bridgehead atoms. The smallest absolute Gasteiger partial charge is 0.344 e. The second-order valence-corrected chi connectivity index (χ2v) is 8.35. The maximum absolute atomic E-state index is 10.7. The predicted molar refractivity (Wildman–Crippen MR) is 96.5 cm³/mol. The van der Waals surface area contributed by atoms with Crippen LogP contribution >= 0.6 is 0 Å². The van der Waals surface area contributed by atoms with Crippen molar-refractivity contribution in [2.75, 3.05) is 6.61 Å². The molecule has 1 aromatic rings. The van der Waals surface area contributed by atoms with Crippen LogP contribution in [0.1, 0.15) is 49.7 Å². The third-order valence-corrected chi connectivity index (χ3v) is 6.95. The van der Waals surface area contributed by atoms with E-state index in [0.717, 1.165) is 24.0 Å². The lowest BCUT2D eigenvalue weighted by Gasteiger charge is -2.49. The molecule has 0 radical (unpaired) electrons. The highest BCUT2D eigenvalue weighted by Crippen LogP contribution is 2.61. The number of nitrogens with zero attached hydrogens (tertiary/aromatic N) is 1. The number of hydrogen-bond acceptors (Lipinski definition) is 6. The molecule has 2 saturated carbocycles. The van der Waals surface area contributed by atoms with Crippen molar-refractivity contribution >= 4 is 11.7 Å². The van der Waals surface area contributed by atoms with Gasteiger partial charge in [0.25, 0.3) is 0 Å². The third kappa shape index (κ3) is 2.89. The topological polar surface area (TPSA) is 120 Å². The van der Waals surface area contributed by atoms with E-state index in [1.807, 2.05) is 6.07 Å². The van der Waals surface area contributed by atoms with Gasteiger partial charge in [0.15, 0.2) is 0 Å². The second-order valence-electron chi connectivity index (χ2n) is 8.35. The minimum Gasteiger partial charge on any atom is -0.508 e. The van der Waals surface area contributed by atoms with Gasteiger partial charge in [0.1, 0.15) is 5.75 Å². The Kier molecular flexibility index (Phi) is 4.39. The number of phenols is 1. The Bertz CT molecular complexity index is 793. The summed E-state index contributed by atoms with van der Waals surface area (Å²) in [4.78, 5) is 15.7. The Labute approximate surface area is 157 Å². The molecule has 2 fully saturated rings. The Balaban J connectivity index is 1.73. The summed E-state index contributed by atoms with van der Waals surface area (Å²) < 4.78 is 0. The number of aliphatic hydroxyl groups excluding tert-OH is 2. The van der Waals surface area contributed by atoms with E-state index in [1.54, 1.807) is 12.1 Å². The molecule has 146 valence electrons. The number of hydrogen-bond donors (Lipinski definition) is 4. The molecule has 4 rings (SSSR count). The van der Waals surface area contributed by atoms with E-state index in [1.165, 1.54) is 0 Å². The van der Waals surface area contributed by atoms with E-state index in [0.29, 0.717) is 18.6 Å². The third-order valence-electron chi connectivity index (χ3n) is 6.95. The number of rotatable bonds is 3. The van der Waals surface area contributed by atoms with E-state index in [9.17, 15) is 20.1 Å². The highest BCUT2D eigenvalue weighted by molar-refractivity contribution is 6.03. The number of oxime groups is 1. The van der Waals surface area contributed by atoms with Crippen LogP contribution < -0.4 is 0 Å². The molecule has 0 saturated heterocycles. The normalized spacial score (nSPS) is 38.8. The summed E-state index contributed by atoms with van der Waals surface area (Å²) in [6.45, 7) is 1.53. The zero-order valence-electron chi connectivity index (χ0n) is 15.2. The lowest BCUT2D eigenvalue weighted by atomic mass is 9.55. The number of fused-ring (bicyclic) bond motifs is 5. The van der Waals surface area contributed by atoms with Gasteiger partial charge in [-0.25, -0.2) is 4.79 Å².